The first-order valence-corrected chi connectivity index (χ1v) is 17.2. The molecule has 0 saturated carbocycles. The first-order chi connectivity index (χ1) is 13.4. The minimum absolute atomic E-state index is 0.141. The first-order valence-electron chi connectivity index (χ1n) is 10.7. The summed E-state index contributed by atoms with van der Waals surface area (Å²) in [5.41, 5.74) is 0.199. The first kappa shape index (κ1) is 24.3. The summed E-state index contributed by atoms with van der Waals surface area (Å²) in [6, 6.07) is 8.68. The van der Waals surface area contributed by atoms with Crippen molar-refractivity contribution in [3.05, 3.63) is 29.8 Å². The maximum absolute atomic E-state index is 13.0. The molecule has 1 aliphatic heterocycles. The number of hydrogen-bond donors (Lipinski definition) is 0. The number of rotatable bonds is 10. The van der Waals surface area contributed by atoms with Crippen molar-refractivity contribution in [3.63, 3.8) is 0 Å². The van der Waals surface area contributed by atoms with Crippen LogP contribution in [0.5, 0.6) is 5.75 Å². The molecule has 2 rings (SSSR count). The monoisotopic (exact) mass is 437 g/mol. The fourth-order valence-electron chi connectivity index (χ4n) is 3.89. The Morgan fingerprint density at radius 2 is 1.66 bits per heavy atom. The van der Waals surface area contributed by atoms with Gasteiger partial charge in [-0.25, -0.2) is 0 Å². The predicted octanol–water partition coefficient (Wildman–Crippen LogP) is 4.81. The van der Waals surface area contributed by atoms with E-state index in [1.165, 1.54) is 0 Å². The van der Waals surface area contributed by atoms with Crippen molar-refractivity contribution in [2.24, 2.45) is 0 Å². The Morgan fingerprint density at radius 1 is 1.07 bits per heavy atom. The molecule has 0 unspecified atom stereocenters. The van der Waals surface area contributed by atoms with Crippen LogP contribution in [0.2, 0.25) is 38.8 Å². The molecule has 0 bridgehead atoms. The van der Waals surface area contributed by atoms with Gasteiger partial charge in [0.05, 0.1) is 25.4 Å². The van der Waals surface area contributed by atoms with Gasteiger partial charge in [-0.3, -0.25) is 9.69 Å². The summed E-state index contributed by atoms with van der Waals surface area (Å²) in [5, 5.41) is 0. The lowest BCUT2D eigenvalue weighted by molar-refractivity contribution is -0.00430. The van der Waals surface area contributed by atoms with E-state index in [0.717, 1.165) is 36.9 Å². The van der Waals surface area contributed by atoms with E-state index in [2.05, 4.69) is 37.6 Å². The quantitative estimate of drug-likeness (QED) is 0.299. The van der Waals surface area contributed by atoms with Crippen LogP contribution in [0.25, 0.3) is 0 Å². The molecule has 164 valence electrons. The topological polar surface area (TPSA) is 48.0 Å². The number of benzene rings is 1. The second-order valence-corrected chi connectivity index (χ2v) is 19.0. The number of carbonyl (C=O) groups excluding carboxylic acids is 1. The van der Waals surface area contributed by atoms with E-state index in [1.807, 2.05) is 38.1 Å². The van der Waals surface area contributed by atoms with Crippen LogP contribution in [0, 0.1) is 0 Å². The molecule has 7 heteroatoms. The second-order valence-electron chi connectivity index (χ2n) is 9.94. The molecule has 1 saturated heterocycles. The van der Waals surface area contributed by atoms with Gasteiger partial charge in [0, 0.05) is 18.7 Å². The normalized spacial score (nSPS) is 16.7. The van der Waals surface area contributed by atoms with Gasteiger partial charge in [0.2, 0.25) is 0 Å². The van der Waals surface area contributed by atoms with E-state index in [-0.39, 0.29) is 5.78 Å². The molecule has 0 radical (unpaired) electrons. The van der Waals surface area contributed by atoms with Gasteiger partial charge in [-0.15, -0.1) is 0 Å². The fraction of sp³-hybridized carbons (Fsp3) is 0.682. The molecule has 1 aromatic rings. The highest BCUT2D eigenvalue weighted by atomic mass is 28.4. The average molecular weight is 438 g/mol. The maximum atomic E-state index is 13.0. The smallest absolute Gasteiger partial charge is 0.182 e. The molecular formula is C22H39NO4Si2. The summed E-state index contributed by atoms with van der Waals surface area (Å²) < 4.78 is 17.7. The molecule has 5 nitrogen and oxygen atoms in total. The average Bonchev–Trinajstić information content (AvgIpc) is 2.64. The van der Waals surface area contributed by atoms with Crippen molar-refractivity contribution in [2.45, 2.75) is 64.6 Å². The Kier molecular flexibility index (Phi) is 8.26. The van der Waals surface area contributed by atoms with Crippen molar-refractivity contribution in [1.29, 1.82) is 0 Å². The van der Waals surface area contributed by atoms with Crippen LogP contribution in [-0.2, 0) is 8.85 Å². The Balaban J connectivity index is 1.84. The number of morpholine rings is 1. The Labute approximate surface area is 179 Å². The lowest BCUT2D eigenvalue weighted by atomic mass is 9.91. The molecule has 0 spiro atoms. The lowest BCUT2D eigenvalue weighted by Crippen LogP contribution is -2.54. The van der Waals surface area contributed by atoms with Crippen molar-refractivity contribution in [3.8, 4) is 5.75 Å². The molecule has 0 aromatic heterocycles. The number of carbonyl (C=O) groups is 1. The van der Waals surface area contributed by atoms with E-state index >= 15 is 0 Å². The summed E-state index contributed by atoms with van der Waals surface area (Å²) in [6.07, 6.45) is 0.994. The highest BCUT2D eigenvalue weighted by molar-refractivity contribution is 6.84. The minimum atomic E-state index is -1.61. The van der Waals surface area contributed by atoms with Crippen molar-refractivity contribution in [2.75, 3.05) is 32.9 Å². The highest BCUT2D eigenvalue weighted by Crippen LogP contribution is 2.24. The Morgan fingerprint density at radius 3 is 2.21 bits per heavy atom. The van der Waals surface area contributed by atoms with Gasteiger partial charge >= 0.3 is 0 Å². The third-order valence-electron chi connectivity index (χ3n) is 5.25. The van der Waals surface area contributed by atoms with Crippen LogP contribution in [0.4, 0.5) is 0 Å². The van der Waals surface area contributed by atoms with Crippen molar-refractivity contribution >= 4 is 22.4 Å². The second kappa shape index (κ2) is 9.87. The molecular weight excluding hydrogens is 398 g/mol. The van der Waals surface area contributed by atoms with Crippen LogP contribution >= 0.6 is 0 Å². The van der Waals surface area contributed by atoms with Crippen LogP contribution in [0.15, 0.2) is 24.3 Å². The third kappa shape index (κ3) is 7.64. The van der Waals surface area contributed by atoms with Gasteiger partial charge in [0.15, 0.2) is 22.4 Å². The molecule has 1 heterocycles. The van der Waals surface area contributed by atoms with E-state index in [9.17, 15) is 4.79 Å². The zero-order chi connectivity index (χ0) is 21.7. The standard InChI is InChI=1S/C22H39NO4Si2/c1-22(2,23-13-16-25-17-14-23)21(24)19-9-11-20(12-10-19)26-15-8-18-29(6,7)27-28(3,4)5/h9-12H,8,13-18H2,1-7H3. The third-order valence-corrected chi connectivity index (χ3v) is 11.5. The van der Waals surface area contributed by atoms with Crippen molar-refractivity contribution in [1.82, 2.24) is 4.90 Å². The molecule has 29 heavy (non-hydrogen) atoms. The van der Waals surface area contributed by atoms with Gasteiger partial charge in [-0.05, 0) is 83.3 Å². The van der Waals surface area contributed by atoms with Gasteiger partial charge in [-0.2, -0.15) is 0 Å². The Bertz CT molecular complexity index is 662. The highest BCUT2D eigenvalue weighted by Gasteiger charge is 2.36. The molecule has 0 amide bonds. The van der Waals surface area contributed by atoms with Gasteiger partial charge in [0.25, 0.3) is 0 Å². The van der Waals surface area contributed by atoms with Gasteiger partial charge < -0.3 is 13.6 Å². The summed E-state index contributed by atoms with van der Waals surface area (Å²) >= 11 is 0. The maximum Gasteiger partial charge on any atom is 0.182 e. The Hall–Kier alpha value is -0.996. The lowest BCUT2D eigenvalue weighted by Gasteiger charge is -2.39. The number of Topliss-reactive ketones (excluding diaryl/α,β-unsaturated/α-hetero) is 1. The van der Waals surface area contributed by atoms with Crippen LogP contribution < -0.4 is 4.74 Å². The summed E-state index contributed by atoms with van der Waals surface area (Å²) in [6.45, 7) is 19.0. The van der Waals surface area contributed by atoms with E-state index in [1.54, 1.807) is 0 Å². The SMILES string of the molecule is CC(C)(C(=O)c1ccc(OCCC[Si](C)(C)O[Si](C)(C)C)cc1)N1CCOCC1. The van der Waals surface area contributed by atoms with E-state index < -0.39 is 22.2 Å². The molecule has 0 N–H and O–H groups in total. The molecule has 0 atom stereocenters. The van der Waals surface area contributed by atoms with E-state index in [4.69, 9.17) is 13.6 Å². The summed E-state index contributed by atoms with van der Waals surface area (Å²) in [4.78, 5) is 15.2. The number of ether oxygens (including phenoxy) is 2. The minimum Gasteiger partial charge on any atom is -0.494 e. The molecule has 1 fully saturated rings. The number of hydrogen-bond acceptors (Lipinski definition) is 5. The zero-order valence-corrected chi connectivity index (χ0v) is 21.3. The van der Waals surface area contributed by atoms with Crippen LogP contribution in [0.1, 0.15) is 30.6 Å². The number of ketones is 1. The summed E-state index contributed by atoms with van der Waals surface area (Å²) in [5.74, 6) is 0.957. The largest absolute Gasteiger partial charge is 0.494 e. The zero-order valence-electron chi connectivity index (χ0n) is 19.3. The fourth-order valence-corrected chi connectivity index (χ4v) is 11.9. The molecule has 1 aliphatic rings. The molecule has 0 aliphatic carbocycles. The predicted molar refractivity (Wildman–Crippen MR) is 124 cm³/mol. The summed E-state index contributed by atoms with van der Waals surface area (Å²) in [7, 11) is -3.10. The van der Waals surface area contributed by atoms with Crippen molar-refractivity contribution < 1.29 is 18.4 Å². The number of nitrogens with zero attached hydrogens (tertiary/aromatic N) is 1. The van der Waals surface area contributed by atoms with Crippen LogP contribution in [0.3, 0.4) is 0 Å². The van der Waals surface area contributed by atoms with E-state index in [0.29, 0.717) is 19.8 Å². The van der Waals surface area contributed by atoms with Crippen LogP contribution in [-0.4, -0.2) is 65.8 Å². The van der Waals surface area contributed by atoms with Gasteiger partial charge in [-0.1, -0.05) is 0 Å². The van der Waals surface area contributed by atoms with Gasteiger partial charge in [0.1, 0.15) is 5.75 Å². The molecule has 1 aromatic carbocycles.